The lowest BCUT2D eigenvalue weighted by molar-refractivity contribution is -0.131. The Morgan fingerprint density at radius 2 is 2.00 bits per heavy atom. The lowest BCUT2D eigenvalue weighted by Crippen LogP contribution is -2.15. The Kier molecular flexibility index (Phi) is 3.68. The summed E-state index contributed by atoms with van der Waals surface area (Å²) in [6.45, 7) is 0. The zero-order chi connectivity index (χ0) is 12.3. The number of ketones is 1. The molecule has 1 saturated heterocycles. The van der Waals surface area contributed by atoms with Gasteiger partial charge in [0, 0.05) is 11.3 Å². The van der Waals surface area contributed by atoms with Gasteiger partial charge >= 0.3 is 5.97 Å². The van der Waals surface area contributed by atoms with Gasteiger partial charge in [0.05, 0.1) is 0 Å². The number of hydrogen-bond acceptors (Lipinski definition) is 4. The molecule has 1 aromatic carbocycles. The van der Waals surface area contributed by atoms with Gasteiger partial charge in [-0.1, -0.05) is 0 Å². The molecule has 4 nitrogen and oxygen atoms in total. The summed E-state index contributed by atoms with van der Waals surface area (Å²) < 4.78 is 5.69. The summed E-state index contributed by atoms with van der Waals surface area (Å²) in [7, 11) is 0. The largest absolute Gasteiger partial charge is 0.490 e. The van der Waals surface area contributed by atoms with E-state index in [4.69, 9.17) is 9.84 Å². The van der Waals surface area contributed by atoms with Crippen LogP contribution < -0.4 is 4.74 Å². The van der Waals surface area contributed by atoms with Gasteiger partial charge in [-0.25, -0.2) is 4.79 Å². The number of ether oxygens (including phenoxy) is 1. The van der Waals surface area contributed by atoms with Gasteiger partial charge in [0.15, 0.2) is 0 Å². The predicted molar refractivity (Wildman–Crippen MR) is 64.8 cm³/mol. The van der Waals surface area contributed by atoms with Gasteiger partial charge in [0.2, 0.25) is 0 Å². The van der Waals surface area contributed by atoms with Crippen molar-refractivity contribution in [3.63, 3.8) is 0 Å². The second-order valence-electron chi connectivity index (χ2n) is 3.76. The topological polar surface area (TPSA) is 63.6 Å². The van der Waals surface area contributed by atoms with Crippen molar-refractivity contribution < 1.29 is 19.4 Å². The third-order valence-corrected chi connectivity index (χ3v) is 3.63. The van der Waals surface area contributed by atoms with Crippen molar-refractivity contribution in [2.45, 2.75) is 12.5 Å². The van der Waals surface area contributed by atoms with Crippen LogP contribution >= 0.6 is 11.8 Å². The molecular formula is C12H12O4S. The first-order chi connectivity index (χ1) is 8.16. The van der Waals surface area contributed by atoms with Crippen LogP contribution in [0.25, 0.3) is 0 Å². The molecule has 0 aromatic heterocycles. The molecule has 1 aliphatic heterocycles. The van der Waals surface area contributed by atoms with Gasteiger partial charge in [-0.15, -0.1) is 0 Å². The summed E-state index contributed by atoms with van der Waals surface area (Å²) in [5.41, 5.74) is 0.172. The Morgan fingerprint density at radius 1 is 1.29 bits per heavy atom. The fraction of sp³-hybridized carbons (Fsp3) is 0.333. The first-order valence-corrected chi connectivity index (χ1v) is 6.44. The molecule has 1 fully saturated rings. The van der Waals surface area contributed by atoms with E-state index in [-0.39, 0.29) is 11.7 Å². The van der Waals surface area contributed by atoms with E-state index in [0.717, 1.165) is 17.9 Å². The highest BCUT2D eigenvalue weighted by molar-refractivity contribution is 7.99. The van der Waals surface area contributed by atoms with Crippen LogP contribution in [0.5, 0.6) is 5.75 Å². The van der Waals surface area contributed by atoms with Gasteiger partial charge < -0.3 is 9.84 Å². The summed E-state index contributed by atoms with van der Waals surface area (Å²) in [6.07, 6.45) is 1.25. The van der Waals surface area contributed by atoms with E-state index in [1.165, 1.54) is 12.1 Å². The molecule has 0 amide bonds. The van der Waals surface area contributed by atoms with Crippen molar-refractivity contribution in [2.24, 2.45) is 0 Å². The molecule has 1 aromatic rings. The van der Waals surface area contributed by atoms with E-state index >= 15 is 0 Å². The van der Waals surface area contributed by atoms with Crippen LogP contribution in [0.1, 0.15) is 16.8 Å². The van der Waals surface area contributed by atoms with Crippen LogP contribution in [0.15, 0.2) is 24.3 Å². The maximum absolute atomic E-state index is 11.2. The molecule has 1 heterocycles. The molecule has 1 N–H and O–H groups in total. The molecule has 2 rings (SSSR count). The molecule has 0 aliphatic carbocycles. The zero-order valence-corrected chi connectivity index (χ0v) is 9.90. The third kappa shape index (κ3) is 3.00. The van der Waals surface area contributed by atoms with Crippen molar-refractivity contribution in [1.29, 1.82) is 0 Å². The van der Waals surface area contributed by atoms with E-state index in [2.05, 4.69) is 0 Å². The van der Waals surface area contributed by atoms with Crippen LogP contribution in [-0.2, 0) is 4.79 Å². The van der Waals surface area contributed by atoms with Crippen LogP contribution in [0, 0.1) is 0 Å². The number of carbonyl (C=O) groups excluding carboxylic acids is 1. The first-order valence-electron chi connectivity index (χ1n) is 5.29. The number of Topliss-reactive ketones (excluding diaryl/α,β-unsaturated/α-hetero) is 1. The van der Waals surface area contributed by atoms with E-state index in [0.29, 0.717) is 5.75 Å². The normalized spacial score (nSPS) is 18.9. The molecule has 0 bridgehead atoms. The lowest BCUT2D eigenvalue weighted by atomic mass is 10.1. The molecule has 90 valence electrons. The highest BCUT2D eigenvalue weighted by Gasteiger charge is 2.18. The van der Waals surface area contributed by atoms with Crippen molar-refractivity contribution >= 4 is 23.5 Å². The molecule has 5 heteroatoms. The summed E-state index contributed by atoms with van der Waals surface area (Å²) in [5.74, 6) is 0.439. The van der Waals surface area contributed by atoms with E-state index < -0.39 is 11.8 Å². The Bertz CT molecular complexity index is 421. The third-order valence-electron chi connectivity index (χ3n) is 2.50. The molecule has 17 heavy (non-hydrogen) atoms. The number of carboxylic acid groups (broad SMARTS) is 1. The average molecular weight is 252 g/mol. The minimum Gasteiger partial charge on any atom is -0.490 e. The smallest absolute Gasteiger partial charge is 0.377 e. The predicted octanol–water partition coefficient (Wildman–Crippen LogP) is 1.84. The van der Waals surface area contributed by atoms with Gasteiger partial charge in [-0.2, -0.15) is 11.8 Å². The Balaban J connectivity index is 2.02. The average Bonchev–Trinajstić information content (AvgIpc) is 2.82. The number of benzene rings is 1. The molecule has 0 spiro atoms. The molecule has 0 radical (unpaired) electrons. The number of hydrogen-bond donors (Lipinski definition) is 1. The van der Waals surface area contributed by atoms with E-state index in [1.807, 2.05) is 11.8 Å². The summed E-state index contributed by atoms with van der Waals surface area (Å²) in [4.78, 5) is 21.6. The Labute approximate surface area is 103 Å². The molecular weight excluding hydrogens is 240 g/mol. The minimum atomic E-state index is -1.44. The first kappa shape index (κ1) is 12.0. The highest BCUT2D eigenvalue weighted by atomic mass is 32.2. The quantitative estimate of drug-likeness (QED) is 0.654. The monoisotopic (exact) mass is 252 g/mol. The van der Waals surface area contributed by atoms with Crippen molar-refractivity contribution in [3.8, 4) is 5.75 Å². The van der Waals surface area contributed by atoms with Crippen molar-refractivity contribution in [2.75, 3.05) is 11.5 Å². The van der Waals surface area contributed by atoms with Gasteiger partial charge in [-0.3, -0.25) is 4.79 Å². The maximum atomic E-state index is 11.2. The number of rotatable bonds is 4. The minimum absolute atomic E-state index is 0.172. The zero-order valence-electron chi connectivity index (χ0n) is 9.09. The highest BCUT2D eigenvalue weighted by Crippen LogP contribution is 2.23. The van der Waals surface area contributed by atoms with Gasteiger partial charge in [-0.05, 0) is 36.4 Å². The van der Waals surface area contributed by atoms with Gasteiger partial charge in [0.25, 0.3) is 5.78 Å². The summed E-state index contributed by atoms with van der Waals surface area (Å²) in [5, 5.41) is 8.55. The fourth-order valence-electron chi connectivity index (χ4n) is 1.61. The fourth-order valence-corrected chi connectivity index (χ4v) is 2.70. The number of aliphatic carboxylic acids is 1. The van der Waals surface area contributed by atoms with Crippen LogP contribution in [0.3, 0.4) is 0 Å². The van der Waals surface area contributed by atoms with Crippen LogP contribution in [0.2, 0.25) is 0 Å². The molecule has 1 unspecified atom stereocenters. The summed E-state index contributed by atoms with van der Waals surface area (Å²) in [6, 6.07) is 6.24. The second-order valence-corrected chi connectivity index (χ2v) is 4.91. The Morgan fingerprint density at radius 3 is 2.53 bits per heavy atom. The molecule has 1 atom stereocenters. The second kappa shape index (κ2) is 5.23. The Hall–Kier alpha value is -1.49. The molecule has 1 aliphatic rings. The van der Waals surface area contributed by atoms with E-state index in [9.17, 15) is 9.59 Å². The van der Waals surface area contributed by atoms with Crippen LogP contribution in [-0.4, -0.2) is 34.5 Å². The standard InChI is InChI=1S/C12H12O4S/c13-11(12(14)15)8-1-3-9(4-2-8)16-10-5-6-17-7-10/h1-4,10H,5-7H2,(H,14,15). The van der Waals surface area contributed by atoms with Crippen molar-refractivity contribution in [3.05, 3.63) is 29.8 Å². The van der Waals surface area contributed by atoms with Crippen molar-refractivity contribution in [1.82, 2.24) is 0 Å². The number of carboxylic acids is 1. The SMILES string of the molecule is O=C(O)C(=O)c1ccc(OC2CCSC2)cc1. The van der Waals surface area contributed by atoms with Crippen LogP contribution in [0.4, 0.5) is 0 Å². The summed E-state index contributed by atoms with van der Waals surface area (Å²) >= 11 is 1.86. The molecule has 0 saturated carbocycles. The van der Waals surface area contributed by atoms with Gasteiger partial charge in [0.1, 0.15) is 11.9 Å². The number of thioether (sulfide) groups is 1. The number of carbonyl (C=O) groups is 2. The van der Waals surface area contributed by atoms with E-state index in [1.54, 1.807) is 12.1 Å². The maximum Gasteiger partial charge on any atom is 0.377 e. The lowest BCUT2D eigenvalue weighted by Gasteiger charge is -2.12.